The van der Waals surface area contributed by atoms with Gasteiger partial charge in [-0.15, -0.1) is 0 Å². The number of aliphatic imine (C=N–C) groups is 1. The molecule has 0 spiro atoms. The van der Waals surface area contributed by atoms with Crippen molar-refractivity contribution in [2.24, 2.45) is 21.8 Å². The van der Waals surface area contributed by atoms with Crippen LogP contribution in [0, 0.1) is 5.92 Å². The van der Waals surface area contributed by atoms with Gasteiger partial charge in [-0.05, 0) is 47.7 Å². The Bertz CT molecular complexity index is 1210. The van der Waals surface area contributed by atoms with Gasteiger partial charge in [0.1, 0.15) is 6.04 Å². The first-order valence-corrected chi connectivity index (χ1v) is 13.2. The molecule has 0 aromatic heterocycles. The van der Waals surface area contributed by atoms with E-state index in [0.29, 0.717) is 29.0 Å². The van der Waals surface area contributed by atoms with Gasteiger partial charge in [-0.1, -0.05) is 38.5 Å². The second kappa shape index (κ2) is 13.6. The van der Waals surface area contributed by atoms with Crippen molar-refractivity contribution in [3.05, 3.63) is 53.6 Å². The number of nitrogens with one attached hydrogen (secondary N) is 2. The zero-order valence-electron chi connectivity index (χ0n) is 21.5. The molecule has 0 saturated carbocycles. The van der Waals surface area contributed by atoms with Gasteiger partial charge < -0.3 is 20.5 Å². The lowest BCUT2D eigenvalue weighted by molar-refractivity contribution is -0.123. The van der Waals surface area contributed by atoms with Crippen molar-refractivity contribution < 1.29 is 27.5 Å². The lowest BCUT2D eigenvalue weighted by atomic mass is 9.99. The Morgan fingerprint density at radius 1 is 1.03 bits per heavy atom. The summed E-state index contributed by atoms with van der Waals surface area (Å²) in [4.78, 5) is 29.7. The number of primary sulfonamides is 1. The number of sulfonamides is 1. The molecule has 6 N–H and O–H groups in total. The average Bonchev–Trinajstić information content (AvgIpc) is 2.86. The van der Waals surface area contributed by atoms with Crippen LogP contribution in [0.15, 0.2) is 52.4 Å². The molecule has 0 bridgehead atoms. The molecule has 0 radical (unpaired) electrons. The van der Waals surface area contributed by atoms with Crippen LogP contribution in [0.3, 0.4) is 0 Å². The number of nitrogens with two attached hydrogens (primary N) is 2. The van der Waals surface area contributed by atoms with Gasteiger partial charge in [-0.3, -0.25) is 14.9 Å². The van der Waals surface area contributed by atoms with E-state index in [1.807, 2.05) is 13.8 Å². The topological polar surface area (TPSA) is 175 Å². The Kier molecular flexibility index (Phi) is 10.9. The first-order valence-electron chi connectivity index (χ1n) is 11.7. The molecule has 0 saturated heterocycles. The van der Waals surface area contributed by atoms with E-state index in [2.05, 4.69) is 15.6 Å². The molecule has 2 atom stereocenters. The predicted molar refractivity (Wildman–Crippen MR) is 141 cm³/mol. The van der Waals surface area contributed by atoms with Gasteiger partial charge in [0.2, 0.25) is 21.8 Å². The predicted octanol–water partition coefficient (Wildman–Crippen LogP) is 1.45. The van der Waals surface area contributed by atoms with Crippen molar-refractivity contribution in [3.63, 3.8) is 0 Å². The van der Waals surface area contributed by atoms with Crippen LogP contribution in [0.4, 0.5) is 0 Å². The van der Waals surface area contributed by atoms with Gasteiger partial charge in [-0.2, -0.15) is 0 Å². The lowest BCUT2D eigenvalue weighted by Crippen LogP contribution is -2.41. The molecule has 202 valence electrons. The molecule has 11 nitrogen and oxygen atoms in total. The van der Waals surface area contributed by atoms with Gasteiger partial charge in [-0.25, -0.2) is 18.5 Å². The van der Waals surface area contributed by atoms with Gasteiger partial charge >= 0.3 is 0 Å². The third kappa shape index (κ3) is 9.39. The quantitative estimate of drug-likeness (QED) is 0.236. The van der Waals surface area contributed by atoms with Gasteiger partial charge in [0.15, 0.2) is 17.5 Å². The second-order valence-corrected chi connectivity index (χ2v) is 10.2. The van der Waals surface area contributed by atoms with Crippen molar-refractivity contribution >= 4 is 27.8 Å². The summed E-state index contributed by atoms with van der Waals surface area (Å²) < 4.78 is 33.3. The average molecular weight is 534 g/mol. The van der Waals surface area contributed by atoms with Crippen LogP contribution in [0.25, 0.3) is 0 Å². The summed E-state index contributed by atoms with van der Waals surface area (Å²) in [6.07, 6.45) is 1.28. The summed E-state index contributed by atoms with van der Waals surface area (Å²) in [6, 6.07) is 10.2. The smallest absolute Gasteiger partial charge is 0.245 e. The molecule has 0 aliphatic rings. The van der Waals surface area contributed by atoms with Crippen molar-refractivity contribution in [3.8, 4) is 11.5 Å². The first-order chi connectivity index (χ1) is 17.5. The molecule has 2 aromatic carbocycles. The number of amides is 2. The summed E-state index contributed by atoms with van der Waals surface area (Å²) in [5.74, 6) is 0.306. The number of hydrogen-bond donors (Lipinski definition) is 4. The Labute approximate surface area is 217 Å². The molecule has 2 aromatic rings. The number of rotatable bonds is 12. The molecule has 0 aliphatic carbocycles. The molecular weight excluding hydrogens is 498 g/mol. The fourth-order valence-corrected chi connectivity index (χ4v) is 3.95. The van der Waals surface area contributed by atoms with Gasteiger partial charge in [0.05, 0.1) is 25.5 Å². The van der Waals surface area contributed by atoms with Crippen LogP contribution in [0.5, 0.6) is 11.5 Å². The zero-order chi connectivity index (χ0) is 27.6. The highest BCUT2D eigenvalue weighted by Gasteiger charge is 2.21. The SMILES string of the molecule is CCC(C)C[C@@H](N=C(N)NC(=O)Cc1ccc(OC)c(OC)c1)C(=O)NCc1ccc(S(N)(=O)=O)cc1. The molecule has 2 amide bonds. The second-order valence-electron chi connectivity index (χ2n) is 8.60. The first kappa shape index (κ1) is 29.6. The van der Waals surface area contributed by atoms with E-state index in [9.17, 15) is 18.0 Å². The minimum Gasteiger partial charge on any atom is -0.493 e. The van der Waals surface area contributed by atoms with Crippen LogP contribution in [-0.4, -0.2) is 46.5 Å². The summed E-state index contributed by atoms with van der Waals surface area (Å²) in [6.45, 7) is 4.15. The van der Waals surface area contributed by atoms with Crippen LogP contribution >= 0.6 is 0 Å². The summed E-state index contributed by atoms with van der Waals surface area (Å²) in [5.41, 5.74) is 7.34. The third-order valence-corrected chi connectivity index (χ3v) is 6.65. The van der Waals surface area contributed by atoms with E-state index in [4.69, 9.17) is 20.3 Å². The minimum atomic E-state index is -3.80. The third-order valence-electron chi connectivity index (χ3n) is 5.72. The monoisotopic (exact) mass is 533 g/mol. The lowest BCUT2D eigenvalue weighted by Gasteiger charge is -2.18. The maximum Gasteiger partial charge on any atom is 0.245 e. The van der Waals surface area contributed by atoms with Crippen molar-refractivity contribution in [2.45, 2.75) is 50.6 Å². The number of carbonyl (C=O) groups excluding carboxylic acids is 2. The van der Waals surface area contributed by atoms with E-state index < -0.39 is 22.0 Å². The highest BCUT2D eigenvalue weighted by Crippen LogP contribution is 2.27. The zero-order valence-corrected chi connectivity index (χ0v) is 22.3. The minimum absolute atomic E-state index is 0.0153. The molecule has 0 heterocycles. The Balaban J connectivity index is 2.06. The number of nitrogens with zero attached hydrogens (tertiary/aromatic N) is 1. The summed E-state index contributed by atoms with van der Waals surface area (Å²) in [5, 5.41) is 10.4. The van der Waals surface area contributed by atoms with Crippen LogP contribution in [0.2, 0.25) is 0 Å². The number of hydrogen-bond acceptors (Lipinski definition) is 7. The van der Waals surface area contributed by atoms with E-state index in [-0.39, 0.29) is 35.6 Å². The molecule has 1 unspecified atom stereocenters. The molecule has 12 heteroatoms. The van der Waals surface area contributed by atoms with Gasteiger partial charge in [0, 0.05) is 6.54 Å². The van der Waals surface area contributed by atoms with Crippen molar-refractivity contribution in [1.82, 2.24) is 10.6 Å². The number of carbonyl (C=O) groups is 2. The van der Waals surface area contributed by atoms with Crippen LogP contribution in [-0.2, 0) is 32.6 Å². The normalized spacial score (nSPS) is 13.4. The van der Waals surface area contributed by atoms with Crippen molar-refractivity contribution in [1.29, 1.82) is 0 Å². The van der Waals surface area contributed by atoms with E-state index in [0.717, 1.165) is 6.42 Å². The summed E-state index contributed by atoms with van der Waals surface area (Å²) in [7, 11) is -0.763. The van der Waals surface area contributed by atoms with Crippen LogP contribution < -0.4 is 31.0 Å². The maximum absolute atomic E-state index is 12.9. The Morgan fingerprint density at radius 2 is 1.65 bits per heavy atom. The van der Waals surface area contributed by atoms with Crippen molar-refractivity contribution in [2.75, 3.05) is 14.2 Å². The van der Waals surface area contributed by atoms with Crippen LogP contribution in [0.1, 0.15) is 37.8 Å². The largest absolute Gasteiger partial charge is 0.493 e. The van der Waals surface area contributed by atoms with E-state index in [1.54, 1.807) is 30.3 Å². The molecular formula is C25H35N5O6S. The Hall–Kier alpha value is -3.64. The Morgan fingerprint density at radius 3 is 2.22 bits per heavy atom. The highest BCUT2D eigenvalue weighted by atomic mass is 32.2. The molecule has 0 fully saturated rings. The van der Waals surface area contributed by atoms with E-state index >= 15 is 0 Å². The summed E-state index contributed by atoms with van der Waals surface area (Å²) >= 11 is 0. The highest BCUT2D eigenvalue weighted by molar-refractivity contribution is 7.89. The van der Waals surface area contributed by atoms with E-state index in [1.165, 1.54) is 26.4 Å². The number of ether oxygens (including phenoxy) is 2. The standard InChI is InChI=1S/C25H35N5O6S/c1-5-16(2)12-20(24(32)28-15-17-6-9-19(10-7-17)37(27,33)34)29-25(26)30-23(31)14-18-8-11-21(35-3)22(13-18)36-4/h6-11,13,16,20H,5,12,14-15H2,1-4H3,(H,28,32)(H2,27,33,34)(H3,26,29,30,31)/t16?,20-/m1/s1. The molecule has 2 rings (SSSR count). The molecule has 0 aliphatic heterocycles. The fourth-order valence-electron chi connectivity index (χ4n) is 3.43. The molecule has 37 heavy (non-hydrogen) atoms. The fraction of sp³-hybridized carbons (Fsp3) is 0.400. The number of benzene rings is 2. The number of methoxy groups -OCH3 is 2. The number of guanidine groups is 1. The van der Waals surface area contributed by atoms with Gasteiger partial charge in [0.25, 0.3) is 0 Å². The maximum atomic E-state index is 12.9.